The lowest BCUT2D eigenvalue weighted by Crippen LogP contribution is -2.33. The number of hydrogen-bond donors (Lipinski definition) is 0. The molecule has 0 aliphatic carbocycles. The standard InChI is InChI=1S/C19H22ClNO4S/c1-14(2)12-21(19(22)16-7-5-8-17(20)11-16)13-15-6-4-9-18(10-15)25-26(3,23)24/h4-11,14H,12-13H2,1-3H3. The predicted molar refractivity (Wildman–Crippen MR) is 103 cm³/mol. The molecule has 0 atom stereocenters. The molecule has 5 nitrogen and oxygen atoms in total. The van der Waals surface area contributed by atoms with Crippen molar-refractivity contribution in [1.29, 1.82) is 0 Å². The van der Waals surface area contributed by atoms with E-state index in [4.69, 9.17) is 15.8 Å². The normalized spacial score (nSPS) is 11.4. The van der Waals surface area contributed by atoms with E-state index < -0.39 is 10.1 Å². The van der Waals surface area contributed by atoms with Crippen molar-refractivity contribution in [2.24, 2.45) is 5.92 Å². The maximum absolute atomic E-state index is 12.9. The minimum absolute atomic E-state index is 0.129. The van der Waals surface area contributed by atoms with Crippen LogP contribution in [0.15, 0.2) is 48.5 Å². The first kappa shape index (κ1) is 20.3. The first-order valence-corrected chi connectivity index (χ1v) is 10.4. The molecule has 2 rings (SSSR count). The predicted octanol–water partition coefficient (Wildman–Crippen LogP) is 3.98. The van der Waals surface area contributed by atoms with Crippen LogP contribution >= 0.6 is 11.6 Å². The molecule has 2 aromatic carbocycles. The molecule has 26 heavy (non-hydrogen) atoms. The third-order valence-electron chi connectivity index (χ3n) is 3.46. The van der Waals surface area contributed by atoms with E-state index in [2.05, 4.69) is 0 Å². The SMILES string of the molecule is CC(C)CN(Cc1cccc(OS(C)(=O)=O)c1)C(=O)c1cccc(Cl)c1. The summed E-state index contributed by atoms with van der Waals surface area (Å²) in [5.41, 5.74) is 1.30. The van der Waals surface area contributed by atoms with Crippen molar-refractivity contribution in [3.63, 3.8) is 0 Å². The summed E-state index contributed by atoms with van der Waals surface area (Å²) in [6, 6.07) is 13.5. The van der Waals surface area contributed by atoms with Gasteiger partial charge in [-0.25, -0.2) is 0 Å². The van der Waals surface area contributed by atoms with Crippen LogP contribution in [0.4, 0.5) is 0 Å². The van der Waals surface area contributed by atoms with E-state index in [0.717, 1.165) is 11.8 Å². The summed E-state index contributed by atoms with van der Waals surface area (Å²) < 4.78 is 27.5. The van der Waals surface area contributed by atoms with Gasteiger partial charge in [-0.15, -0.1) is 0 Å². The Morgan fingerprint density at radius 1 is 1.15 bits per heavy atom. The van der Waals surface area contributed by atoms with Gasteiger partial charge >= 0.3 is 10.1 Å². The van der Waals surface area contributed by atoms with Crippen LogP contribution in [0.2, 0.25) is 5.02 Å². The van der Waals surface area contributed by atoms with Crippen LogP contribution in [-0.2, 0) is 16.7 Å². The van der Waals surface area contributed by atoms with Crippen LogP contribution in [0.5, 0.6) is 5.75 Å². The van der Waals surface area contributed by atoms with Crippen molar-refractivity contribution in [1.82, 2.24) is 4.90 Å². The molecule has 0 fully saturated rings. The Labute approximate surface area is 159 Å². The summed E-state index contributed by atoms with van der Waals surface area (Å²) in [6.45, 7) is 4.95. The van der Waals surface area contributed by atoms with E-state index in [1.807, 2.05) is 19.9 Å². The van der Waals surface area contributed by atoms with Gasteiger partial charge in [0.25, 0.3) is 5.91 Å². The molecule has 0 unspecified atom stereocenters. The second-order valence-electron chi connectivity index (χ2n) is 6.52. The Hall–Kier alpha value is -2.05. The fourth-order valence-corrected chi connectivity index (χ4v) is 3.20. The van der Waals surface area contributed by atoms with Gasteiger partial charge in [-0.05, 0) is 41.8 Å². The minimum atomic E-state index is -3.60. The van der Waals surface area contributed by atoms with Gasteiger partial charge < -0.3 is 9.08 Å². The summed E-state index contributed by atoms with van der Waals surface area (Å²) in [6.07, 6.45) is 0.993. The number of carbonyl (C=O) groups excluding carboxylic acids is 1. The van der Waals surface area contributed by atoms with Gasteiger partial charge in [0.2, 0.25) is 0 Å². The molecule has 0 aliphatic rings. The zero-order valence-corrected chi connectivity index (χ0v) is 16.5. The molecule has 1 amide bonds. The van der Waals surface area contributed by atoms with Gasteiger partial charge in [0.1, 0.15) is 5.75 Å². The number of hydrogen-bond acceptors (Lipinski definition) is 4. The first-order chi connectivity index (χ1) is 12.1. The van der Waals surface area contributed by atoms with Crippen LogP contribution in [0.1, 0.15) is 29.8 Å². The Bertz CT molecular complexity index is 881. The Balaban J connectivity index is 2.25. The highest BCUT2D eigenvalue weighted by Gasteiger charge is 2.18. The summed E-state index contributed by atoms with van der Waals surface area (Å²) in [5, 5.41) is 0.504. The first-order valence-electron chi connectivity index (χ1n) is 8.17. The Morgan fingerprint density at radius 2 is 1.85 bits per heavy atom. The number of halogens is 1. The van der Waals surface area contributed by atoms with Crippen LogP contribution < -0.4 is 4.18 Å². The largest absolute Gasteiger partial charge is 0.383 e. The smallest absolute Gasteiger partial charge is 0.306 e. The third kappa shape index (κ3) is 6.35. The van der Waals surface area contributed by atoms with Crippen molar-refractivity contribution in [2.45, 2.75) is 20.4 Å². The van der Waals surface area contributed by atoms with Gasteiger partial charge in [0, 0.05) is 23.7 Å². The average Bonchev–Trinajstić information content (AvgIpc) is 2.52. The van der Waals surface area contributed by atoms with Crippen LogP contribution in [0, 0.1) is 5.92 Å². The lowest BCUT2D eigenvalue weighted by Gasteiger charge is -2.25. The van der Waals surface area contributed by atoms with Gasteiger partial charge in [0.15, 0.2) is 0 Å². The lowest BCUT2D eigenvalue weighted by atomic mass is 10.1. The molecule has 0 aromatic heterocycles. The highest BCUT2D eigenvalue weighted by molar-refractivity contribution is 7.86. The lowest BCUT2D eigenvalue weighted by molar-refractivity contribution is 0.0722. The van der Waals surface area contributed by atoms with E-state index in [-0.39, 0.29) is 17.6 Å². The third-order valence-corrected chi connectivity index (χ3v) is 4.19. The Kier molecular flexibility index (Phi) is 6.67. The molecule has 0 saturated carbocycles. The van der Waals surface area contributed by atoms with Crippen molar-refractivity contribution in [2.75, 3.05) is 12.8 Å². The van der Waals surface area contributed by atoms with Gasteiger partial charge in [-0.1, -0.05) is 43.6 Å². The average molecular weight is 396 g/mol. The molecule has 0 heterocycles. The molecule has 140 valence electrons. The van der Waals surface area contributed by atoms with Gasteiger partial charge in [0.05, 0.1) is 6.26 Å². The molecule has 0 saturated heterocycles. The van der Waals surface area contributed by atoms with Crippen molar-refractivity contribution in [3.8, 4) is 5.75 Å². The summed E-state index contributed by atoms with van der Waals surface area (Å²) in [5.74, 6) is 0.369. The molecule has 0 spiro atoms. The second kappa shape index (κ2) is 8.56. The molecule has 2 aromatic rings. The quantitative estimate of drug-likeness (QED) is 0.665. The van der Waals surface area contributed by atoms with Gasteiger partial charge in [-0.3, -0.25) is 4.79 Å². The summed E-state index contributed by atoms with van der Waals surface area (Å²) >= 11 is 6.00. The molecule has 7 heteroatoms. The second-order valence-corrected chi connectivity index (χ2v) is 8.54. The zero-order chi connectivity index (χ0) is 19.3. The maximum Gasteiger partial charge on any atom is 0.306 e. The fraction of sp³-hybridized carbons (Fsp3) is 0.316. The number of amides is 1. The van der Waals surface area contributed by atoms with E-state index in [0.29, 0.717) is 23.7 Å². The fourth-order valence-electron chi connectivity index (χ4n) is 2.55. The van der Waals surface area contributed by atoms with Crippen molar-refractivity contribution >= 4 is 27.6 Å². The van der Waals surface area contributed by atoms with Crippen molar-refractivity contribution < 1.29 is 17.4 Å². The molecular formula is C19H22ClNO4S. The highest BCUT2D eigenvalue weighted by atomic mass is 35.5. The van der Waals surface area contributed by atoms with E-state index >= 15 is 0 Å². The number of benzene rings is 2. The number of rotatable bonds is 7. The zero-order valence-electron chi connectivity index (χ0n) is 15.0. The van der Waals surface area contributed by atoms with E-state index in [1.165, 1.54) is 0 Å². The molecule has 0 N–H and O–H groups in total. The molecule has 0 aliphatic heterocycles. The van der Waals surface area contributed by atoms with Crippen LogP contribution in [-0.4, -0.2) is 32.0 Å². The minimum Gasteiger partial charge on any atom is -0.383 e. The summed E-state index contributed by atoms with van der Waals surface area (Å²) in [4.78, 5) is 14.6. The number of carbonyl (C=O) groups is 1. The topological polar surface area (TPSA) is 63.7 Å². The van der Waals surface area contributed by atoms with E-state index in [9.17, 15) is 13.2 Å². The number of nitrogens with zero attached hydrogens (tertiary/aromatic N) is 1. The van der Waals surface area contributed by atoms with Crippen molar-refractivity contribution in [3.05, 3.63) is 64.7 Å². The van der Waals surface area contributed by atoms with E-state index in [1.54, 1.807) is 47.4 Å². The molecule has 0 radical (unpaired) electrons. The highest BCUT2D eigenvalue weighted by Crippen LogP contribution is 2.19. The Morgan fingerprint density at radius 3 is 2.46 bits per heavy atom. The molecule has 0 bridgehead atoms. The van der Waals surface area contributed by atoms with Crippen LogP contribution in [0.3, 0.4) is 0 Å². The van der Waals surface area contributed by atoms with Gasteiger partial charge in [-0.2, -0.15) is 8.42 Å². The maximum atomic E-state index is 12.9. The molecular weight excluding hydrogens is 374 g/mol. The van der Waals surface area contributed by atoms with Crippen LogP contribution in [0.25, 0.3) is 0 Å². The summed E-state index contributed by atoms with van der Waals surface area (Å²) in [7, 11) is -3.60. The monoisotopic (exact) mass is 395 g/mol.